The van der Waals surface area contributed by atoms with E-state index in [-0.39, 0.29) is 31.1 Å². The van der Waals surface area contributed by atoms with Gasteiger partial charge < -0.3 is 14.2 Å². The first-order valence-corrected chi connectivity index (χ1v) is 24.8. The van der Waals surface area contributed by atoms with Crippen LogP contribution in [0.1, 0.15) is 239 Å². The van der Waals surface area contributed by atoms with E-state index in [0.717, 1.165) is 109 Å². The smallest absolute Gasteiger partial charge is 0.306 e. The van der Waals surface area contributed by atoms with Gasteiger partial charge in [-0.3, -0.25) is 14.4 Å². The Kier molecular flexibility index (Phi) is 45.4. The van der Waals surface area contributed by atoms with Gasteiger partial charge in [-0.1, -0.05) is 216 Å². The first kappa shape index (κ1) is 56.1. The molecule has 340 valence electrons. The maximum atomic E-state index is 12.7. The third kappa shape index (κ3) is 46.0. The molecule has 0 rings (SSSR count). The highest BCUT2D eigenvalue weighted by atomic mass is 16.6. The molecule has 0 N–H and O–H groups in total. The predicted octanol–water partition coefficient (Wildman–Crippen LogP) is 16.1. The van der Waals surface area contributed by atoms with Crippen molar-refractivity contribution in [3.63, 3.8) is 0 Å². The summed E-state index contributed by atoms with van der Waals surface area (Å²) in [7, 11) is 0. The van der Waals surface area contributed by atoms with E-state index < -0.39 is 6.10 Å². The van der Waals surface area contributed by atoms with Crippen molar-refractivity contribution in [2.45, 2.75) is 245 Å². The van der Waals surface area contributed by atoms with Crippen LogP contribution in [0.15, 0.2) is 60.8 Å². The summed E-state index contributed by atoms with van der Waals surface area (Å²) in [5, 5.41) is 0. The molecule has 0 saturated heterocycles. The molecule has 6 nitrogen and oxygen atoms in total. The molecular formula is C53H92O6. The summed E-state index contributed by atoms with van der Waals surface area (Å²) in [5.74, 6) is -0.899. The van der Waals surface area contributed by atoms with Gasteiger partial charge in [0.2, 0.25) is 0 Å². The summed E-state index contributed by atoms with van der Waals surface area (Å²) < 4.78 is 16.7. The van der Waals surface area contributed by atoms with Gasteiger partial charge in [0.25, 0.3) is 0 Å². The van der Waals surface area contributed by atoms with Gasteiger partial charge in [-0.2, -0.15) is 0 Å². The van der Waals surface area contributed by atoms with Crippen molar-refractivity contribution in [2.75, 3.05) is 13.2 Å². The molecule has 0 heterocycles. The van der Waals surface area contributed by atoms with E-state index in [1.54, 1.807) is 0 Å². The summed E-state index contributed by atoms with van der Waals surface area (Å²) in [5.41, 5.74) is 0. The molecular weight excluding hydrogens is 733 g/mol. The molecule has 0 fully saturated rings. The lowest BCUT2D eigenvalue weighted by atomic mass is 10.0. The topological polar surface area (TPSA) is 78.9 Å². The van der Waals surface area contributed by atoms with E-state index in [2.05, 4.69) is 81.5 Å². The highest BCUT2D eigenvalue weighted by Crippen LogP contribution is 2.15. The second-order valence-electron chi connectivity index (χ2n) is 16.4. The number of unbranched alkanes of at least 4 members (excludes halogenated alkanes) is 23. The highest BCUT2D eigenvalue weighted by molar-refractivity contribution is 5.71. The predicted molar refractivity (Wildman–Crippen MR) is 251 cm³/mol. The molecule has 0 aliphatic rings. The van der Waals surface area contributed by atoms with E-state index >= 15 is 0 Å². The number of hydrogen-bond donors (Lipinski definition) is 0. The molecule has 0 aromatic heterocycles. The zero-order valence-corrected chi connectivity index (χ0v) is 38.8. The van der Waals surface area contributed by atoms with E-state index in [1.165, 1.54) is 89.9 Å². The fraction of sp³-hybridized carbons (Fsp3) is 0.755. The van der Waals surface area contributed by atoms with E-state index in [0.29, 0.717) is 19.3 Å². The number of carbonyl (C=O) groups excluding carboxylic acids is 3. The Balaban J connectivity index is 4.30. The van der Waals surface area contributed by atoms with Gasteiger partial charge in [0, 0.05) is 19.3 Å². The number of carbonyl (C=O) groups is 3. The number of ether oxygens (including phenoxy) is 3. The van der Waals surface area contributed by atoms with Crippen LogP contribution in [0.5, 0.6) is 0 Å². The second kappa shape index (κ2) is 47.8. The Morgan fingerprint density at radius 3 is 1.03 bits per heavy atom. The Labute approximate surface area is 364 Å². The SMILES string of the molecule is CC/C=C\C/C=C\C/C=C\C/C=C\C/C=C\CCCCCCCC(=O)OCC(COC(=O)CCCCCCCCCC)OC(=O)CCCCCCCCCCCCCC. The molecule has 0 radical (unpaired) electrons. The average molecular weight is 825 g/mol. The molecule has 0 aliphatic heterocycles. The van der Waals surface area contributed by atoms with Crippen molar-refractivity contribution in [3.8, 4) is 0 Å². The van der Waals surface area contributed by atoms with Gasteiger partial charge in [-0.05, 0) is 64.2 Å². The maximum Gasteiger partial charge on any atom is 0.306 e. The summed E-state index contributed by atoms with van der Waals surface area (Å²) in [6, 6.07) is 0. The third-order valence-electron chi connectivity index (χ3n) is 10.5. The van der Waals surface area contributed by atoms with E-state index in [1.807, 2.05) is 0 Å². The van der Waals surface area contributed by atoms with E-state index in [9.17, 15) is 14.4 Å². The third-order valence-corrected chi connectivity index (χ3v) is 10.5. The van der Waals surface area contributed by atoms with Crippen LogP contribution >= 0.6 is 0 Å². The monoisotopic (exact) mass is 825 g/mol. The van der Waals surface area contributed by atoms with Gasteiger partial charge in [0.15, 0.2) is 6.10 Å². The standard InChI is InChI=1S/C53H92O6/c1-4-7-10-13-16-19-21-23-24-25-26-27-28-29-30-31-33-34-37-40-43-46-52(55)58-49-50(48-57-51(54)45-42-39-36-18-15-12-9-6-3)59-53(56)47-44-41-38-35-32-22-20-17-14-11-8-5-2/h7,10,16,19,23-24,26-27,29-30,50H,4-6,8-9,11-15,17-18,20-22,25,28,31-49H2,1-3H3/b10-7-,19-16-,24-23-,27-26-,30-29-. The van der Waals surface area contributed by atoms with Gasteiger partial charge in [0.05, 0.1) is 0 Å². The maximum absolute atomic E-state index is 12.7. The van der Waals surface area contributed by atoms with Crippen LogP contribution in [0.3, 0.4) is 0 Å². The van der Waals surface area contributed by atoms with Gasteiger partial charge in [-0.25, -0.2) is 0 Å². The number of hydrogen-bond acceptors (Lipinski definition) is 6. The molecule has 0 aliphatic carbocycles. The van der Waals surface area contributed by atoms with Gasteiger partial charge >= 0.3 is 17.9 Å². The summed E-state index contributed by atoms with van der Waals surface area (Å²) >= 11 is 0. The van der Waals surface area contributed by atoms with Gasteiger partial charge in [0.1, 0.15) is 13.2 Å². The molecule has 0 aromatic carbocycles. The molecule has 59 heavy (non-hydrogen) atoms. The lowest BCUT2D eigenvalue weighted by Crippen LogP contribution is -2.30. The molecule has 1 unspecified atom stereocenters. The van der Waals surface area contributed by atoms with Crippen LogP contribution in [0, 0.1) is 0 Å². The highest BCUT2D eigenvalue weighted by Gasteiger charge is 2.19. The summed E-state index contributed by atoms with van der Waals surface area (Å²) in [4.78, 5) is 37.8. The lowest BCUT2D eigenvalue weighted by Gasteiger charge is -2.18. The molecule has 0 spiro atoms. The number of allylic oxidation sites excluding steroid dienone is 10. The van der Waals surface area contributed by atoms with Crippen LogP contribution in [-0.2, 0) is 28.6 Å². The fourth-order valence-corrected chi connectivity index (χ4v) is 6.82. The van der Waals surface area contributed by atoms with Gasteiger partial charge in [-0.15, -0.1) is 0 Å². The van der Waals surface area contributed by atoms with Crippen LogP contribution < -0.4 is 0 Å². The van der Waals surface area contributed by atoms with Crippen molar-refractivity contribution in [1.82, 2.24) is 0 Å². The Morgan fingerprint density at radius 2 is 0.661 bits per heavy atom. The Morgan fingerprint density at radius 1 is 0.356 bits per heavy atom. The van der Waals surface area contributed by atoms with Crippen molar-refractivity contribution in [2.24, 2.45) is 0 Å². The fourth-order valence-electron chi connectivity index (χ4n) is 6.82. The normalized spacial score (nSPS) is 12.5. The van der Waals surface area contributed by atoms with Crippen LogP contribution in [0.4, 0.5) is 0 Å². The van der Waals surface area contributed by atoms with E-state index in [4.69, 9.17) is 14.2 Å². The second-order valence-corrected chi connectivity index (χ2v) is 16.4. The summed E-state index contributed by atoms with van der Waals surface area (Å²) in [6.07, 6.45) is 57.8. The minimum absolute atomic E-state index is 0.0782. The molecule has 0 amide bonds. The number of rotatable bonds is 44. The van der Waals surface area contributed by atoms with Crippen LogP contribution in [-0.4, -0.2) is 37.2 Å². The minimum Gasteiger partial charge on any atom is -0.462 e. The zero-order chi connectivity index (χ0) is 43.0. The van der Waals surface area contributed by atoms with Crippen LogP contribution in [0.25, 0.3) is 0 Å². The van der Waals surface area contributed by atoms with Crippen molar-refractivity contribution >= 4 is 17.9 Å². The largest absolute Gasteiger partial charge is 0.462 e. The molecule has 0 bridgehead atoms. The summed E-state index contributed by atoms with van der Waals surface area (Å²) in [6.45, 7) is 6.47. The van der Waals surface area contributed by atoms with Crippen molar-refractivity contribution in [1.29, 1.82) is 0 Å². The Hall–Kier alpha value is -2.89. The average Bonchev–Trinajstić information content (AvgIpc) is 3.23. The molecule has 1 atom stereocenters. The molecule has 0 saturated carbocycles. The Bertz CT molecular complexity index is 1090. The molecule has 0 aromatic rings. The number of esters is 3. The minimum atomic E-state index is -0.776. The molecule has 6 heteroatoms. The first-order valence-electron chi connectivity index (χ1n) is 24.8. The van der Waals surface area contributed by atoms with Crippen LogP contribution in [0.2, 0.25) is 0 Å². The first-order chi connectivity index (χ1) is 29.0. The quantitative estimate of drug-likeness (QED) is 0.0263. The zero-order valence-electron chi connectivity index (χ0n) is 38.8. The lowest BCUT2D eigenvalue weighted by molar-refractivity contribution is -0.167. The van der Waals surface area contributed by atoms with Crippen molar-refractivity contribution in [3.05, 3.63) is 60.8 Å². The van der Waals surface area contributed by atoms with Crippen molar-refractivity contribution < 1.29 is 28.6 Å².